The SMILES string of the molecule is O=C1C=NCC[N]1. The molecule has 7 heavy (non-hydrogen) atoms. The maximum atomic E-state index is 10.1. The molecule has 37 valence electrons. The zero-order valence-electron chi connectivity index (χ0n) is 3.79. The van der Waals surface area contributed by atoms with E-state index in [9.17, 15) is 4.79 Å². The quantitative estimate of drug-likeness (QED) is 0.390. The van der Waals surface area contributed by atoms with Crippen LogP contribution in [-0.2, 0) is 4.79 Å². The second kappa shape index (κ2) is 1.73. The summed E-state index contributed by atoms with van der Waals surface area (Å²) in [6, 6.07) is 0. The molecule has 0 N–H and O–H groups in total. The fraction of sp³-hybridized carbons (Fsp3) is 0.500. The van der Waals surface area contributed by atoms with E-state index in [1.54, 1.807) is 0 Å². The average Bonchev–Trinajstić information content (AvgIpc) is 1.69. The molecule has 0 aromatic carbocycles. The third kappa shape index (κ3) is 0.994. The molecule has 0 saturated heterocycles. The monoisotopic (exact) mass is 97.0 g/mol. The topological polar surface area (TPSA) is 43.5 Å². The van der Waals surface area contributed by atoms with Gasteiger partial charge in [-0.3, -0.25) is 9.79 Å². The lowest BCUT2D eigenvalue weighted by Gasteiger charge is -1.98. The van der Waals surface area contributed by atoms with Gasteiger partial charge in [-0.05, 0) is 0 Å². The molecule has 0 aromatic heterocycles. The Morgan fingerprint density at radius 1 is 1.57 bits per heavy atom. The van der Waals surface area contributed by atoms with Crippen molar-refractivity contribution in [2.45, 2.75) is 0 Å². The van der Waals surface area contributed by atoms with Crippen LogP contribution in [0.3, 0.4) is 0 Å². The van der Waals surface area contributed by atoms with Crippen LogP contribution in [-0.4, -0.2) is 25.2 Å². The minimum Gasteiger partial charge on any atom is -0.285 e. The van der Waals surface area contributed by atoms with Gasteiger partial charge in [0, 0.05) is 0 Å². The lowest BCUT2D eigenvalue weighted by Crippen LogP contribution is -2.23. The van der Waals surface area contributed by atoms with E-state index in [4.69, 9.17) is 0 Å². The molecule has 1 heterocycles. The first-order valence-corrected chi connectivity index (χ1v) is 2.11. The summed E-state index contributed by atoms with van der Waals surface area (Å²) in [6.07, 6.45) is 1.25. The molecule has 0 fully saturated rings. The predicted octanol–water partition coefficient (Wildman–Crippen LogP) is -0.798. The highest BCUT2D eigenvalue weighted by molar-refractivity contribution is 6.26. The Kier molecular flexibility index (Phi) is 1.06. The van der Waals surface area contributed by atoms with Crippen molar-refractivity contribution in [2.24, 2.45) is 4.99 Å². The zero-order valence-corrected chi connectivity index (χ0v) is 3.79. The van der Waals surface area contributed by atoms with Gasteiger partial charge in [0.1, 0.15) is 0 Å². The Morgan fingerprint density at radius 2 is 2.43 bits per heavy atom. The van der Waals surface area contributed by atoms with Crippen LogP contribution in [0, 0.1) is 0 Å². The van der Waals surface area contributed by atoms with Crippen molar-refractivity contribution >= 4 is 12.1 Å². The molecule has 0 atom stereocenters. The van der Waals surface area contributed by atoms with Gasteiger partial charge in [0.25, 0.3) is 5.91 Å². The van der Waals surface area contributed by atoms with Gasteiger partial charge in [-0.15, -0.1) is 0 Å². The summed E-state index contributed by atoms with van der Waals surface area (Å²) in [6.45, 7) is 1.24. The first kappa shape index (κ1) is 4.30. The Hall–Kier alpha value is -0.860. The highest BCUT2D eigenvalue weighted by atomic mass is 16.1. The maximum absolute atomic E-state index is 10.1. The fourth-order valence-corrected chi connectivity index (χ4v) is 0.401. The molecule has 1 amide bonds. The number of carbonyl (C=O) groups is 1. The highest BCUT2D eigenvalue weighted by Gasteiger charge is 1.99. The second-order valence-corrected chi connectivity index (χ2v) is 1.26. The molecule has 1 aliphatic rings. The largest absolute Gasteiger partial charge is 0.285 e. The van der Waals surface area contributed by atoms with Crippen LogP contribution in [0.25, 0.3) is 0 Å². The predicted molar refractivity (Wildman–Crippen MR) is 25.4 cm³/mol. The van der Waals surface area contributed by atoms with Crippen molar-refractivity contribution in [3.05, 3.63) is 0 Å². The highest BCUT2D eigenvalue weighted by Crippen LogP contribution is 1.75. The number of aliphatic imine (C=N–C) groups is 1. The number of hydrogen-bond acceptors (Lipinski definition) is 2. The van der Waals surface area contributed by atoms with E-state index in [1.165, 1.54) is 6.21 Å². The standard InChI is InChI=1S/C4H5N2O/c7-4-3-5-1-2-6-4/h3H,1-2H2. The van der Waals surface area contributed by atoms with Crippen LogP contribution >= 0.6 is 0 Å². The second-order valence-electron chi connectivity index (χ2n) is 1.26. The Balaban J connectivity index is 2.51. The number of nitrogens with zero attached hydrogens (tertiary/aromatic N) is 2. The van der Waals surface area contributed by atoms with Gasteiger partial charge in [-0.2, -0.15) is 0 Å². The summed E-state index contributed by atoms with van der Waals surface area (Å²) in [5.41, 5.74) is 0. The molecule has 0 aromatic rings. The van der Waals surface area contributed by atoms with Gasteiger partial charge in [-0.1, -0.05) is 0 Å². The van der Waals surface area contributed by atoms with Crippen molar-refractivity contribution in [1.82, 2.24) is 5.32 Å². The van der Waals surface area contributed by atoms with Crippen LogP contribution in [0.15, 0.2) is 4.99 Å². The van der Waals surface area contributed by atoms with Gasteiger partial charge >= 0.3 is 0 Å². The molecule has 0 unspecified atom stereocenters. The molecular formula is C4H5N2O. The van der Waals surface area contributed by atoms with Crippen LogP contribution in [0.5, 0.6) is 0 Å². The van der Waals surface area contributed by atoms with Crippen molar-refractivity contribution in [2.75, 3.05) is 13.1 Å². The van der Waals surface area contributed by atoms with Crippen LogP contribution in [0.2, 0.25) is 0 Å². The lowest BCUT2D eigenvalue weighted by atomic mass is 10.5. The van der Waals surface area contributed by atoms with Gasteiger partial charge in [0.2, 0.25) is 0 Å². The van der Waals surface area contributed by atoms with Gasteiger partial charge < -0.3 is 0 Å². The first-order valence-electron chi connectivity index (χ1n) is 2.11. The van der Waals surface area contributed by atoms with Gasteiger partial charge in [-0.25, -0.2) is 5.32 Å². The van der Waals surface area contributed by atoms with E-state index in [0.29, 0.717) is 13.1 Å². The normalized spacial score (nSPS) is 19.1. The molecular weight excluding hydrogens is 92.1 g/mol. The molecule has 3 nitrogen and oxygen atoms in total. The van der Waals surface area contributed by atoms with E-state index in [2.05, 4.69) is 10.3 Å². The number of carbonyl (C=O) groups excluding carboxylic acids is 1. The molecule has 0 aliphatic carbocycles. The van der Waals surface area contributed by atoms with E-state index < -0.39 is 0 Å². The fourth-order valence-electron chi connectivity index (χ4n) is 0.401. The summed E-state index contributed by atoms with van der Waals surface area (Å²) in [5, 5.41) is 3.54. The summed E-state index contributed by atoms with van der Waals surface area (Å²) < 4.78 is 0. The molecule has 0 bridgehead atoms. The van der Waals surface area contributed by atoms with Gasteiger partial charge in [0.05, 0.1) is 19.3 Å². The third-order valence-corrected chi connectivity index (χ3v) is 0.698. The molecule has 0 spiro atoms. The Bertz CT molecular complexity index is 108. The summed E-state index contributed by atoms with van der Waals surface area (Å²) >= 11 is 0. The van der Waals surface area contributed by atoms with Crippen molar-refractivity contribution < 1.29 is 4.79 Å². The van der Waals surface area contributed by atoms with E-state index in [1.807, 2.05) is 0 Å². The van der Waals surface area contributed by atoms with Crippen molar-refractivity contribution in [3.63, 3.8) is 0 Å². The maximum Gasteiger partial charge on any atom is 0.283 e. The lowest BCUT2D eigenvalue weighted by molar-refractivity contribution is -0.114. The van der Waals surface area contributed by atoms with Crippen molar-refractivity contribution in [1.29, 1.82) is 0 Å². The zero-order chi connectivity index (χ0) is 5.11. The Morgan fingerprint density at radius 3 is 2.71 bits per heavy atom. The number of rotatable bonds is 0. The van der Waals surface area contributed by atoms with Gasteiger partial charge in [0.15, 0.2) is 0 Å². The summed E-state index contributed by atoms with van der Waals surface area (Å²) in [5.74, 6) is -0.203. The minimum atomic E-state index is -0.203. The van der Waals surface area contributed by atoms with Crippen LogP contribution in [0.1, 0.15) is 0 Å². The van der Waals surface area contributed by atoms with E-state index >= 15 is 0 Å². The third-order valence-electron chi connectivity index (χ3n) is 0.698. The van der Waals surface area contributed by atoms with Crippen LogP contribution < -0.4 is 5.32 Å². The smallest absolute Gasteiger partial charge is 0.283 e. The number of amides is 1. The molecule has 1 radical (unpaired) electrons. The minimum absolute atomic E-state index is 0.203. The summed E-state index contributed by atoms with van der Waals surface area (Å²) in [7, 11) is 0. The molecule has 1 aliphatic heterocycles. The Labute approximate surface area is 41.4 Å². The molecule has 3 heteroatoms. The van der Waals surface area contributed by atoms with E-state index in [-0.39, 0.29) is 5.91 Å². The van der Waals surface area contributed by atoms with E-state index in [0.717, 1.165) is 0 Å². The van der Waals surface area contributed by atoms with Crippen LogP contribution in [0.4, 0.5) is 0 Å². The molecule has 1 rings (SSSR count). The molecule has 0 saturated carbocycles. The number of hydrogen-bond donors (Lipinski definition) is 0. The summed E-state index contributed by atoms with van der Waals surface area (Å²) in [4.78, 5) is 13.8. The van der Waals surface area contributed by atoms with Crippen molar-refractivity contribution in [3.8, 4) is 0 Å². The average molecular weight is 97.1 g/mol. The first-order chi connectivity index (χ1) is 3.39.